The molecule has 4 aromatic carbocycles. The van der Waals surface area contributed by atoms with Gasteiger partial charge in [0.25, 0.3) is 10.0 Å². The lowest BCUT2D eigenvalue weighted by atomic mass is 10.0. The molecule has 0 fully saturated rings. The van der Waals surface area contributed by atoms with Crippen molar-refractivity contribution in [3.05, 3.63) is 119 Å². The number of nitrogens with zero attached hydrogens (tertiary/aromatic N) is 2. The number of ether oxygens (including phenoxy) is 2. The fraction of sp³-hybridized carbons (Fsp3) is 0.257. The third-order valence-corrected chi connectivity index (χ3v) is 9.44. The van der Waals surface area contributed by atoms with E-state index in [4.69, 9.17) is 21.1 Å². The monoisotopic (exact) mass is 681 g/mol. The van der Waals surface area contributed by atoms with E-state index in [1.54, 1.807) is 0 Å². The van der Waals surface area contributed by atoms with Crippen LogP contribution < -0.4 is 19.1 Å². The minimum absolute atomic E-state index is 0.0823. The molecule has 4 aromatic rings. The van der Waals surface area contributed by atoms with E-state index in [0.29, 0.717) is 29.3 Å². The summed E-state index contributed by atoms with van der Waals surface area (Å²) in [5.74, 6) is -0.992. The number of hydrogen-bond acceptors (Lipinski definition) is 6. The van der Waals surface area contributed by atoms with Gasteiger partial charge in [-0.05, 0) is 66.1 Å². The molecular weight excluding hydrogens is 645 g/mol. The van der Waals surface area contributed by atoms with Gasteiger partial charge < -0.3 is 19.7 Å². The number of hydrogen-bond donors (Lipinski definition) is 1. The number of carbonyl (C=O) groups is 2. The number of rotatable bonds is 15. The van der Waals surface area contributed by atoms with E-state index in [2.05, 4.69) is 5.32 Å². The fourth-order valence-electron chi connectivity index (χ4n) is 4.95. The maximum Gasteiger partial charge on any atom is 0.264 e. The highest BCUT2D eigenvalue weighted by Crippen LogP contribution is 2.33. The molecule has 0 bridgehead atoms. The fourth-order valence-corrected chi connectivity index (χ4v) is 6.50. The molecule has 0 spiro atoms. The smallest absolute Gasteiger partial charge is 0.264 e. The van der Waals surface area contributed by atoms with Crippen molar-refractivity contribution in [3.63, 3.8) is 0 Å². The molecule has 0 unspecified atom stereocenters. The summed E-state index contributed by atoms with van der Waals surface area (Å²) in [6.07, 6.45) is 0.830. The maximum absolute atomic E-state index is 14.5. The number of methoxy groups -OCH3 is 2. The van der Waals surface area contributed by atoms with Gasteiger partial charge in [0.05, 0.1) is 24.8 Å². The third kappa shape index (κ3) is 9.02. The maximum atomic E-state index is 14.5. The summed E-state index contributed by atoms with van der Waals surface area (Å²) in [4.78, 5) is 29.4. The molecule has 1 N–H and O–H groups in total. The Morgan fingerprint density at radius 3 is 2.15 bits per heavy atom. The molecule has 0 aliphatic rings. The quantitative estimate of drug-likeness (QED) is 0.169. The Hall–Kier alpha value is -4.61. The van der Waals surface area contributed by atoms with Gasteiger partial charge in [0.1, 0.15) is 18.4 Å². The van der Waals surface area contributed by atoms with E-state index in [0.717, 1.165) is 9.87 Å². The van der Waals surface area contributed by atoms with Crippen molar-refractivity contribution in [3.8, 4) is 11.5 Å². The van der Waals surface area contributed by atoms with Gasteiger partial charge in [-0.15, -0.1) is 0 Å². The first-order valence-electron chi connectivity index (χ1n) is 14.9. The summed E-state index contributed by atoms with van der Waals surface area (Å²) in [5, 5.41) is 3.26. The van der Waals surface area contributed by atoms with Crippen LogP contribution in [0.15, 0.2) is 102 Å². The topological polar surface area (TPSA) is 105 Å². The van der Waals surface area contributed by atoms with Crippen LogP contribution in [0.3, 0.4) is 0 Å². The summed E-state index contributed by atoms with van der Waals surface area (Å²) in [5.41, 5.74) is 1.53. The molecule has 4 rings (SSSR count). The second kappa shape index (κ2) is 16.3. The molecule has 2 amide bonds. The molecule has 0 aliphatic carbocycles. The molecule has 0 saturated heterocycles. The summed E-state index contributed by atoms with van der Waals surface area (Å²) < 4.78 is 54.0. The second-order valence-electron chi connectivity index (χ2n) is 10.6. The lowest BCUT2D eigenvalue weighted by molar-refractivity contribution is -0.140. The van der Waals surface area contributed by atoms with E-state index in [9.17, 15) is 22.4 Å². The van der Waals surface area contributed by atoms with Crippen molar-refractivity contribution in [1.82, 2.24) is 10.2 Å². The summed E-state index contributed by atoms with van der Waals surface area (Å²) in [6, 6.07) is 23.9. The Morgan fingerprint density at radius 2 is 1.53 bits per heavy atom. The molecule has 0 radical (unpaired) electrons. The number of nitrogens with one attached hydrogen (secondary N) is 1. The van der Waals surface area contributed by atoms with E-state index in [1.165, 1.54) is 85.8 Å². The normalized spacial score (nSPS) is 11.8. The van der Waals surface area contributed by atoms with Crippen molar-refractivity contribution in [1.29, 1.82) is 0 Å². The number of benzene rings is 4. The zero-order valence-electron chi connectivity index (χ0n) is 26.4. The zero-order valence-corrected chi connectivity index (χ0v) is 27.9. The Labute approximate surface area is 279 Å². The van der Waals surface area contributed by atoms with Crippen molar-refractivity contribution >= 4 is 39.1 Å². The first kappa shape index (κ1) is 35.2. The van der Waals surface area contributed by atoms with Crippen molar-refractivity contribution in [2.24, 2.45) is 0 Å². The van der Waals surface area contributed by atoms with E-state index in [1.807, 2.05) is 37.3 Å². The van der Waals surface area contributed by atoms with Gasteiger partial charge in [0.15, 0.2) is 11.5 Å². The van der Waals surface area contributed by atoms with Crippen LogP contribution in [0.1, 0.15) is 24.5 Å². The minimum atomic E-state index is -4.39. The van der Waals surface area contributed by atoms with Gasteiger partial charge in [-0.3, -0.25) is 13.9 Å². The van der Waals surface area contributed by atoms with Gasteiger partial charge in [0, 0.05) is 30.6 Å². The number of amides is 2. The van der Waals surface area contributed by atoms with Crippen LogP contribution in [-0.2, 0) is 32.6 Å². The summed E-state index contributed by atoms with van der Waals surface area (Å²) >= 11 is 6.13. The summed E-state index contributed by atoms with van der Waals surface area (Å²) in [6.45, 7) is 1.55. The Kier molecular flexibility index (Phi) is 12.2. The van der Waals surface area contributed by atoms with Crippen molar-refractivity contribution in [2.45, 2.75) is 37.2 Å². The minimum Gasteiger partial charge on any atom is -0.493 e. The van der Waals surface area contributed by atoms with Gasteiger partial charge in [-0.25, -0.2) is 12.8 Å². The highest BCUT2D eigenvalue weighted by molar-refractivity contribution is 7.92. The second-order valence-corrected chi connectivity index (χ2v) is 12.9. The molecule has 0 heterocycles. The Balaban J connectivity index is 1.81. The van der Waals surface area contributed by atoms with Gasteiger partial charge in [-0.1, -0.05) is 61.0 Å². The molecule has 12 heteroatoms. The first-order chi connectivity index (χ1) is 22.6. The Bertz CT molecular complexity index is 1760. The number of sulfonamides is 1. The first-order valence-corrected chi connectivity index (χ1v) is 16.7. The average Bonchev–Trinajstić information content (AvgIpc) is 3.08. The molecule has 248 valence electrons. The molecule has 47 heavy (non-hydrogen) atoms. The van der Waals surface area contributed by atoms with Crippen LogP contribution in [-0.4, -0.2) is 58.5 Å². The molecule has 0 aliphatic heterocycles. The van der Waals surface area contributed by atoms with E-state index < -0.39 is 40.2 Å². The third-order valence-electron chi connectivity index (χ3n) is 7.42. The molecule has 1 atom stereocenters. The number of anilines is 1. The largest absolute Gasteiger partial charge is 0.493 e. The van der Waals surface area contributed by atoms with E-state index >= 15 is 0 Å². The Morgan fingerprint density at radius 1 is 0.872 bits per heavy atom. The summed E-state index contributed by atoms with van der Waals surface area (Å²) in [7, 11) is -1.57. The molecule has 9 nitrogen and oxygen atoms in total. The van der Waals surface area contributed by atoms with Gasteiger partial charge in [-0.2, -0.15) is 0 Å². The number of carbonyl (C=O) groups excluding carboxylic acids is 2. The molecule has 0 saturated carbocycles. The van der Waals surface area contributed by atoms with Crippen LogP contribution >= 0.6 is 11.6 Å². The van der Waals surface area contributed by atoms with Gasteiger partial charge >= 0.3 is 0 Å². The predicted octanol–water partition coefficient (Wildman–Crippen LogP) is 5.86. The van der Waals surface area contributed by atoms with Crippen LogP contribution in [0.5, 0.6) is 11.5 Å². The standard InChI is InChI=1S/C35H37ClFN3O6S/c1-4-20-38-35(42)31(21-25-8-6-5-7-9-25)39(23-26-10-14-28(37)15-11-26)34(41)24-40(29-16-12-27(36)13-17-29)47(43,44)30-18-19-32(45-2)33(22-30)46-3/h5-19,22,31H,4,20-21,23-24H2,1-3H3,(H,38,42)/t31-/m0/s1. The molecular formula is C35H37ClFN3O6S. The molecule has 0 aromatic heterocycles. The van der Waals surface area contributed by atoms with Crippen LogP contribution in [0.2, 0.25) is 5.02 Å². The average molecular weight is 682 g/mol. The van der Waals surface area contributed by atoms with Gasteiger partial charge in [0.2, 0.25) is 11.8 Å². The van der Waals surface area contributed by atoms with E-state index in [-0.39, 0.29) is 29.3 Å². The lowest BCUT2D eigenvalue weighted by Gasteiger charge is -2.34. The zero-order chi connectivity index (χ0) is 34.0. The van der Waals surface area contributed by atoms with Crippen molar-refractivity contribution in [2.75, 3.05) is 31.6 Å². The van der Waals surface area contributed by atoms with Crippen molar-refractivity contribution < 1.29 is 31.9 Å². The van der Waals surface area contributed by atoms with Crippen LogP contribution in [0.4, 0.5) is 10.1 Å². The highest BCUT2D eigenvalue weighted by atomic mass is 35.5. The SMILES string of the molecule is CCCNC(=O)[C@H](Cc1ccccc1)N(Cc1ccc(F)cc1)C(=O)CN(c1ccc(Cl)cc1)S(=O)(=O)c1ccc(OC)c(OC)c1. The highest BCUT2D eigenvalue weighted by Gasteiger charge is 2.35. The lowest BCUT2D eigenvalue weighted by Crippen LogP contribution is -2.53. The predicted molar refractivity (Wildman–Crippen MR) is 180 cm³/mol. The van der Waals surface area contributed by atoms with Crippen LogP contribution in [0.25, 0.3) is 0 Å². The van der Waals surface area contributed by atoms with Crippen LogP contribution in [0, 0.1) is 5.82 Å². The number of halogens is 2.